The van der Waals surface area contributed by atoms with E-state index >= 15 is 0 Å². The van der Waals surface area contributed by atoms with Crippen LogP contribution in [0, 0.1) is 6.92 Å². The molecule has 1 amide bonds. The van der Waals surface area contributed by atoms with Crippen molar-refractivity contribution < 1.29 is 9.90 Å². The van der Waals surface area contributed by atoms with Crippen LogP contribution in [-0.4, -0.2) is 18.1 Å². The van der Waals surface area contributed by atoms with E-state index in [-0.39, 0.29) is 11.7 Å². The zero-order valence-electron chi connectivity index (χ0n) is 15.2. The number of phenols is 1. The van der Waals surface area contributed by atoms with Gasteiger partial charge in [0.15, 0.2) is 0 Å². The minimum Gasteiger partial charge on any atom is -0.508 e. The van der Waals surface area contributed by atoms with E-state index in [0.29, 0.717) is 17.1 Å². The Hall–Kier alpha value is -2.98. The summed E-state index contributed by atoms with van der Waals surface area (Å²) in [5, 5.41) is 13.0. The SMILES string of the molecule is Cc1c(Cl)cccc1N(C)c1ccccc1C(=O)NCc1ccc(O)cc1. The molecule has 3 rings (SSSR count). The molecule has 3 aromatic rings. The van der Waals surface area contributed by atoms with Crippen molar-refractivity contribution in [3.05, 3.63) is 88.4 Å². The lowest BCUT2D eigenvalue weighted by atomic mass is 10.1. The molecule has 5 heteroatoms. The van der Waals surface area contributed by atoms with Gasteiger partial charge in [0.2, 0.25) is 0 Å². The van der Waals surface area contributed by atoms with Crippen molar-refractivity contribution in [3.63, 3.8) is 0 Å². The highest BCUT2D eigenvalue weighted by molar-refractivity contribution is 6.31. The highest BCUT2D eigenvalue weighted by Crippen LogP contribution is 2.32. The number of amides is 1. The van der Waals surface area contributed by atoms with Gasteiger partial charge < -0.3 is 15.3 Å². The average molecular weight is 381 g/mol. The van der Waals surface area contributed by atoms with Gasteiger partial charge in [-0.3, -0.25) is 4.79 Å². The Kier molecular flexibility index (Phi) is 5.67. The number of halogens is 1. The van der Waals surface area contributed by atoms with E-state index in [0.717, 1.165) is 22.5 Å². The van der Waals surface area contributed by atoms with Crippen LogP contribution in [0.15, 0.2) is 66.7 Å². The van der Waals surface area contributed by atoms with Crippen molar-refractivity contribution in [1.82, 2.24) is 5.32 Å². The number of anilines is 2. The molecule has 3 aromatic carbocycles. The Labute approximate surface area is 164 Å². The number of hydrogen-bond donors (Lipinski definition) is 2. The molecule has 138 valence electrons. The maximum absolute atomic E-state index is 12.8. The normalized spacial score (nSPS) is 10.5. The van der Waals surface area contributed by atoms with E-state index in [4.69, 9.17) is 11.6 Å². The summed E-state index contributed by atoms with van der Waals surface area (Å²) >= 11 is 6.25. The maximum atomic E-state index is 12.8. The number of carbonyl (C=O) groups is 1. The standard InChI is InChI=1S/C22H21ClN2O2/c1-15-19(23)7-5-9-20(15)25(2)21-8-4-3-6-18(21)22(27)24-14-16-10-12-17(26)13-11-16/h3-13,26H,14H2,1-2H3,(H,24,27). The van der Waals surface area contributed by atoms with Crippen molar-refractivity contribution in [2.45, 2.75) is 13.5 Å². The summed E-state index contributed by atoms with van der Waals surface area (Å²) in [5.74, 6) is 0.0409. The molecule has 0 saturated heterocycles. The summed E-state index contributed by atoms with van der Waals surface area (Å²) in [6.07, 6.45) is 0. The van der Waals surface area contributed by atoms with Crippen LogP contribution in [0.25, 0.3) is 0 Å². The van der Waals surface area contributed by atoms with Crippen LogP contribution in [0.4, 0.5) is 11.4 Å². The number of phenolic OH excluding ortho intramolecular Hbond substituents is 1. The molecule has 27 heavy (non-hydrogen) atoms. The minimum absolute atomic E-state index is 0.162. The second-order valence-corrected chi connectivity index (χ2v) is 6.72. The molecule has 4 nitrogen and oxygen atoms in total. The second-order valence-electron chi connectivity index (χ2n) is 6.31. The topological polar surface area (TPSA) is 52.6 Å². The van der Waals surface area contributed by atoms with Gasteiger partial charge in [-0.15, -0.1) is 0 Å². The summed E-state index contributed by atoms with van der Waals surface area (Å²) in [6, 6.07) is 20.0. The summed E-state index contributed by atoms with van der Waals surface area (Å²) in [6.45, 7) is 2.34. The van der Waals surface area contributed by atoms with Gasteiger partial charge in [0, 0.05) is 24.3 Å². The van der Waals surface area contributed by atoms with Crippen molar-refractivity contribution in [2.24, 2.45) is 0 Å². The minimum atomic E-state index is -0.162. The van der Waals surface area contributed by atoms with Gasteiger partial charge >= 0.3 is 0 Å². The molecule has 0 aliphatic rings. The van der Waals surface area contributed by atoms with E-state index in [2.05, 4.69) is 5.32 Å². The highest BCUT2D eigenvalue weighted by Gasteiger charge is 2.16. The first-order valence-electron chi connectivity index (χ1n) is 8.61. The fourth-order valence-corrected chi connectivity index (χ4v) is 3.11. The average Bonchev–Trinajstić information content (AvgIpc) is 2.69. The molecule has 0 unspecified atom stereocenters. The molecule has 0 heterocycles. The first-order chi connectivity index (χ1) is 13.0. The van der Waals surface area contributed by atoms with Crippen LogP contribution >= 0.6 is 11.6 Å². The third kappa shape index (κ3) is 4.23. The zero-order valence-corrected chi connectivity index (χ0v) is 16.0. The Bertz CT molecular complexity index is 955. The summed E-state index contributed by atoms with van der Waals surface area (Å²) in [7, 11) is 1.92. The lowest BCUT2D eigenvalue weighted by Gasteiger charge is -2.24. The molecular formula is C22H21ClN2O2. The fraction of sp³-hybridized carbons (Fsp3) is 0.136. The van der Waals surface area contributed by atoms with Crippen LogP contribution in [-0.2, 0) is 6.54 Å². The summed E-state index contributed by atoms with van der Waals surface area (Å²) in [5.41, 5.74) is 4.20. The molecule has 0 atom stereocenters. The van der Waals surface area contributed by atoms with Gasteiger partial charge in [-0.05, 0) is 54.4 Å². The van der Waals surface area contributed by atoms with Gasteiger partial charge in [0.1, 0.15) is 5.75 Å². The maximum Gasteiger partial charge on any atom is 0.253 e. The molecule has 0 bridgehead atoms. The van der Waals surface area contributed by atoms with E-state index in [1.807, 2.05) is 55.3 Å². The lowest BCUT2D eigenvalue weighted by Crippen LogP contribution is -2.25. The first kappa shape index (κ1) is 18.8. The van der Waals surface area contributed by atoms with Gasteiger partial charge in [0.05, 0.1) is 11.3 Å². The van der Waals surface area contributed by atoms with Gasteiger partial charge in [-0.2, -0.15) is 0 Å². The quantitative estimate of drug-likeness (QED) is 0.651. The van der Waals surface area contributed by atoms with Crippen LogP contribution < -0.4 is 10.2 Å². The van der Waals surface area contributed by atoms with E-state index in [1.165, 1.54) is 0 Å². The number of hydrogen-bond acceptors (Lipinski definition) is 3. The number of nitrogens with zero attached hydrogens (tertiary/aromatic N) is 1. The molecule has 0 saturated carbocycles. The largest absolute Gasteiger partial charge is 0.508 e. The fourth-order valence-electron chi connectivity index (χ4n) is 2.94. The van der Waals surface area contributed by atoms with E-state index in [1.54, 1.807) is 30.3 Å². The van der Waals surface area contributed by atoms with Crippen LogP contribution in [0.1, 0.15) is 21.5 Å². The summed E-state index contributed by atoms with van der Waals surface area (Å²) < 4.78 is 0. The number of benzene rings is 3. The van der Waals surface area contributed by atoms with Crippen LogP contribution in [0.5, 0.6) is 5.75 Å². The number of nitrogens with one attached hydrogen (secondary N) is 1. The molecule has 0 aliphatic heterocycles. The molecule has 0 spiro atoms. The third-order valence-electron chi connectivity index (χ3n) is 4.50. The van der Waals surface area contributed by atoms with Crippen LogP contribution in [0.3, 0.4) is 0 Å². The number of aromatic hydroxyl groups is 1. The second kappa shape index (κ2) is 8.14. The number of para-hydroxylation sites is 1. The molecule has 0 fully saturated rings. The monoisotopic (exact) mass is 380 g/mol. The van der Waals surface area contributed by atoms with Crippen LogP contribution in [0.2, 0.25) is 5.02 Å². The molecule has 0 aliphatic carbocycles. The molecule has 0 radical (unpaired) electrons. The predicted octanol–water partition coefficient (Wildman–Crippen LogP) is 5.05. The van der Waals surface area contributed by atoms with Crippen molar-refractivity contribution in [1.29, 1.82) is 0 Å². The molecule has 2 N–H and O–H groups in total. The van der Waals surface area contributed by atoms with Crippen molar-refractivity contribution in [2.75, 3.05) is 11.9 Å². The van der Waals surface area contributed by atoms with E-state index < -0.39 is 0 Å². The Morgan fingerprint density at radius 2 is 1.67 bits per heavy atom. The molecule has 0 aromatic heterocycles. The van der Waals surface area contributed by atoms with E-state index in [9.17, 15) is 9.90 Å². The van der Waals surface area contributed by atoms with Crippen molar-refractivity contribution >= 4 is 28.9 Å². The highest BCUT2D eigenvalue weighted by atomic mass is 35.5. The Morgan fingerprint density at radius 3 is 2.41 bits per heavy atom. The van der Waals surface area contributed by atoms with Gasteiger partial charge in [-0.25, -0.2) is 0 Å². The zero-order chi connectivity index (χ0) is 19.4. The lowest BCUT2D eigenvalue weighted by molar-refractivity contribution is 0.0951. The molecular weight excluding hydrogens is 360 g/mol. The van der Waals surface area contributed by atoms with Crippen molar-refractivity contribution in [3.8, 4) is 5.75 Å². The smallest absolute Gasteiger partial charge is 0.253 e. The van der Waals surface area contributed by atoms with Gasteiger partial charge in [-0.1, -0.05) is 41.9 Å². The summed E-state index contributed by atoms with van der Waals surface area (Å²) in [4.78, 5) is 14.7. The predicted molar refractivity (Wildman–Crippen MR) is 110 cm³/mol. The number of rotatable bonds is 5. The first-order valence-corrected chi connectivity index (χ1v) is 8.99. The Balaban J connectivity index is 1.83. The van der Waals surface area contributed by atoms with Gasteiger partial charge in [0.25, 0.3) is 5.91 Å². The number of carbonyl (C=O) groups excluding carboxylic acids is 1. The third-order valence-corrected chi connectivity index (χ3v) is 4.91. The Morgan fingerprint density at radius 1 is 1.00 bits per heavy atom.